The molecule has 0 bridgehead atoms. The fraction of sp³-hybridized carbons (Fsp3) is 0.385. The topological polar surface area (TPSA) is 77.6 Å². The monoisotopic (exact) mass is 262 g/mol. The molecule has 1 fully saturated rings. The first kappa shape index (κ1) is 12.1. The summed E-state index contributed by atoms with van der Waals surface area (Å²) in [6.45, 7) is 3.45. The molecule has 0 amide bonds. The maximum Gasteiger partial charge on any atom is 0.261 e. The number of phenolic OH excluding ortho intramolecular Hbond substituents is 1. The van der Waals surface area contributed by atoms with E-state index >= 15 is 0 Å². The third kappa shape index (κ3) is 2.45. The molecule has 6 heteroatoms. The number of hydrogen-bond donors (Lipinski definition) is 1. The molecule has 0 spiro atoms. The van der Waals surface area contributed by atoms with Gasteiger partial charge in [0.15, 0.2) is 0 Å². The molecule has 19 heavy (non-hydrogen) atoms. The lowest BCUT2D eigenvalue weighted by molar-refractivity contribution is -0.0941. The van der Waals surface area contributed by atoms with Gasteiger partial charge in [0.1, 0.15) is 11.9 Å². The zero-order valence-electron chi connectivity index (χ0n) is 10.5. The van der Waals surface area contributed by atoms with Crippen LogP contribution in [0.3, 0.4) is 0 Å². The van der Waals surface area contributed by atoms with Gasteiger partial charge in [0.25, 0.3) is 5.89 Å². The van der Waals surface area contributed by atoms with Crippen molar-refractivity contribution in [1.29, 1.82) is 0 Å². The molecule has 1 aliphatic heterocycles. The minimum absolute atomic E-state index is 0.113. The van der Waals surface area contributed by atoms with Crippen molar-refractivity contribution in [3.05, 3.63) is 29.6 Å². The highest BCUT2D eigenvalue weighted by molar-refractivity contribution is 5.63. The van der Waals surface area contributed by atoms with E-state index in [0.29, 0.717) is 31.2 Å². The third-order valence-corrected chi connectivity index (χ3v) is 2.93. The first-order valence-corrected chi connectivity index (χ1v) is 6.07. The van der Waals surface area contributed by atoms with Crippen molar-refractivity contribution in [3.8, 4) is 17.2 Å². The van der Waals surface area contributed by atoms with Crippen LogP contribution in [0.15, 0.2) is 22.7 Å². The number of ether oxygens (including phenoxy) is 2. The van der Waals surface area contributed by atoms with Crippen molar-refractivity contribution in [1.82, 2.24) is 10.1 Å². The summed E-state index contributed by atoms with van der Waals surface area (Å²) in [6, 6.07) is 5.22. The minimum atomic E-state index is -0.307. The number of rotatable bonds is 2. The average molecular weight is 262 g/mol. The van der Waals surface area contributed by atoms with E-state index < -0.39 is 0 Å². The molecule has 0 radical (unpaired) electrons. The van der Waals surface area contributed by atoms with Gasteiger partial charge in [-0.2, -0.15) is 4.98 Å². The van der Waals surface area contributed by atoms with Crippen LogP contribution in [0.5, 0.6) is 5.75 Å². The van der Waals surface area contributed by atoms with Crippen LogP contribution in [-0.4, -0.2) is 35.1 Å². The average Bonchev–Trinajstić information content (AvgIpc) is 2.92. The Hall–Kier alpha value is -1.92. The molecule has 100 valence electrons. The summed E-state index contributed by atoms with van der Waals surface area (Å²) < 4.78 is 16.0. The van der Waals surface area contributed by atoms with Gasteiger partial charge in [0.2, 0.25) is 5.82 Å². The van der Waals surface area contributed by atoms with Gasteiger partial charge in [-0.3, -0.25) is 0 Å². The number of aromatic nitrogens is 2. The van der Waals surface area contributed by atoms with E-state index in [9.17, 15) is 5.11 Å². The normalized spacial score (nSPS) is 19.5. The molecule has 2 heterocycles. The van der Waals surface area contributed by atoms with Crippen LogP contribution in [0.25, 0.3) is 11.5 Å². The quantitative estimate of drug-likeness (QED) is 0.889. The van der Waals surface area contributed by atoms with Gasteiger partial charge in [-0.25, -0.2) is 0 Å². The molecule has 1 aromatic heterocycles. The first-order valence-electron chi connectivity index (χ1n) is 6.07. The van der Waals surface area contributed by atoms with Gasteiger partial charge in [0, 0.05) is 0 Å². The number of aromatic hydroxyl groups is 1. The van der Waals surface area contributed by atoms with E-state index in [1.54, 1.807) is 12.1 Å². The molecule has 1 aliphatic rings. The zero-order valence-corrected chi connectivity index (χ0v) is 10.5. The molecule has 6 nitrogen and oxygen atoms in total. The number of nitrogens with zero attached hydrogens (tertiary/aromatic N) is 2. The van der Waals surface area contributed by atoms with Crippen molar-refractivity contribution in [2.24, 2.45) is 0 Å². The summed E-state index contributed by atoms with van der Waals surface area (Å²) in [6.07, 6.45) is -0.307. The predicted molar refractivity (Wildman–Crippen MR) is 65.6 cm³/mol. The number of benzene rings is 1. The fourth-order valence-electron chi connectivity index (χ4n) is 1.93. The summed E-state index contributed by atoms with van der Waals surface area (Å²) in [5.41, 5.74) is 1.53. The second kappa shape index (κ2) is 4.99. The molecule has 1 aromatic carbocycles. The lowest BCUT2D eigenvalue weighted by Crippen LogP contribution is -2.22. The van der Waals surface area contributed by atoms with E-state index in [0.717, 1.165) is 5.56 Å². The first-order chi connectivity index (χ1) is 9.24. The largest absolute Gasteiger partial charge is 0.507 e. The van der Waals surface area contributed by atoms with Crippen molar-refractivity contribution in [2.45, 2.75) is 13.0 Å². The molecule has 1 atom stereocenters. The molecular weight excluding hydrogens is 248 g/mol. The summed E-state index contributed by atoms with van der Waals surface area (Å²) >= 11 is 0. The van der Waals surface area contributed by atoms with Gasteiger partial charge >= 0.3 is 0 Å². The van der Waals surface area contributed by atoms with Crippen molar-refractivity contribution in [2.75, 3.05) is 19.8 Å². The second-order valence-electron chi connectivity index (χ2n) is 4.41. The molecule has 1 N–H and O–H groups in total. The van der Waals surface area contributed by atoms with Crippen LogP contribution < -0.4 is 0 Å². The Labute approximate surface area is 110 Å². The molecule has 0 aliphatic carbocycles. The molecular formula is C13H14N2O4. The summed E-state index contributed by atoms with van der Waals surface area (Å²) in [5.74, 6) is 0.836. The maximum atomic E-state index is 9.82. The predicted octanol–water partition coefficient (Wildman–Crippen LogP) is 1.84. The van der Waals surface area contributed by atoms with Crippen LogP contribution >= 0.6 is 0 Å². The smallest absolute Gasteiger partial charge is 0.261 e. The van der Waals surface area contributed by atoms with Crippen molar-refractivity contribution >= 4 is 0 Å². The number of aryl methyl sites for hydroxylation is 1. The van der Waals surface area contributed by atoms with Crippen LogP contribution in [-0.2, 0) is 9.47 Å². The molecule has 3 rings (SSSR count). The Kier molecular flexibility index (Phi) is 3.18. The third-order valence-electron chi connectivity index (χ3n) is 2.93. The highest BCUT2D eigenvalue weighted by Gasteiger charge is 2.23. The van der Waals surface area contributed by atoms with Crippen LogP contribution in [0.1, 0.15) is 17.5 Å². The molecule has 1 unspecified atom stereocenters. The summed E-state index contributed by atoms with van der Waals surface area (Å²) in [7, 11) is 0. The zero-order chi connectivity index (χ0) is 13.2. The van der Waals surface area contributed by atoms with Gasteiger partial charge in [-0.1, -0.05) is 16.8 Å². The Balaban J connectivity index is 1.89. The van der Waals surface area contributed by atoms with E-state index in [2.05, 4.69) is 10.1 Å². The lowest BCUT2D eigenvalue weighted by atomic mass is 10.1. The van der Waals surface area contributed by atoms with Gasteiger partial charge < -0.3 is 19.1 Å². The highest BCUT2D eigenvalue weighted by atomic mass is 16.6. The summed E-state index contributed by atoms with van der Waals surface area (Å²) in [4.78, 5) is 4.26. The number of phenols is 1. The highest BCUT2D eigenvalue weighted by Crippen LogP contribution is 2.30. The van der Waals surface area contributed by atoms with Crippen molar-refractivity contribution < 1.29 is 19.1 Å². The van der Waals surface area contributed by atoms with Crippen LogP contribution in [0, 0.1) is 6.92 Å². The van der Waals surface area contributed by atoms with Crippen LogP contribution in [0.4, 0.5) is 0 Å². The summed E-state index contributed by atoms with van der Waals surface area (Å²) in [5, 5.41) is 13.7. The fourth-order valence-corrected chi connectivity index (χ4v) is 1.93. The SMILES string of the molecule is Cc1ccc(O)c(-c2nc(C3COCCO3)no2)c1. The maximum absolute atomic E-state index is 9.82. The Morgan fingerprint density at radius 2 is 2.21 bits per heavy atom. The van der Waals surface area contributed by atoms with Crippen molar-refractivity contribution in [3.63, 3.8) is 0 Å². The van der Waals surface area contributed by atoms with Gasteiger partial charge in [-0.05, 0) is 19.1 Å². The molecule has 0 saturated carbocycles. The van der Waals surface area contributed by atoms with Gasteiger partial charge in [0.05, 0.1) is 25.4 Å². The second-order valence-corrected chi connectivity index (χ2v) is 4.41. The standard InChI is InChI=1S/C13H14N2O4/c1-8-2-3-10(16)9(6-8)13-14-12(15-19-13)11-7-17-4-5-18-11/h2-3,6,11,16H,4-5,7H2,1H3. The Morgan fingerprint density at radius 1 is 1.32 bits per heavy atom. The minimum Gasteiger partial charge on any atom is -0.507 e. The Morgan fingerprint density at radius 3 is 3.00 bits per heavy atom. The number of hydrogen-bond acceptors (Lipinski definition) is 6. The van der Waals surface area contributed by atoms with E-state index in [4.69, 9.17) is 14.0 Å². The van der Waals surface area contributed by atoms with E-state index in [-0.39, 0.29) is 17.7 Å². The van der Waals surface area contributed by atoms with Crippen LogP contribution in [0.2, 0.25) is 0 Å². The lowest BCUT2D eigenvalue weighted by Gasteiger charge is -2.19. The van der Waals surface area contributed by atoms with E-state index in [1.807, 2.05) is 13.0 Å². The molecule has 1 saturated heterocycles. The molecule has 2 aromatic rings. The van der Waals surface area contributed by atoms with E-state index in [1.165, 1.54) is 0 Å². The van der Waals surface area contributed by atoms with Gasteiger partial charge in [-0.15, -0.1) is 0 Å². The Bertz CT molecular complexity index is 576.